The smallest absolute Gasteiger partial charge is 0.227 e. The molecule has 8 heteroatoms. The fourth-order valence-corrected chi connectivity index (χ4v) is 2.58. The zero-order valence-corrected chi connectivity index (χ0v) is 15.8. The van der Waals surface area contributed by atoms with Crippen LogP contribution in [0.25, 0.3) is 0 Å². The van der Waals surface area contributed by atoms with Crippen LogP contribution in [0.5, 0.6) is 0 Å². The Kier molecular flexibility index (Phi) is 8.85. The third-order valence-electron chi connectivity index (χ3n) is 3.93. The molecule has 0 atom stereocenters. The zero-order valence-electron chi connectivity index (χ0n) is 15.8. The van der Waals surface area contributed by atoms with Gasteiger partial charge in [-0.15, -0.1) is 0 Å². The summed E-state index contributed by atoms with van der Waals surface area (Å²) in [6, 6.07) is 5.56. The van der Waals surface area contributed by atoms with Crippen LogP contribution in [-0.2, 0) is 9.53 Å². The van der Waals surface area contributed by atoms with E-state index in [0.717, 1.165) is 57.6 Å². The molecule has 0 aromatic carbocycles. The van der Waals surface area contributed by atoms with E-state index in [1.54, 1.807) is 6.07 Å². The molecular formula is C18H30N6O2. The van der Waals surface area contributed by atoms with Crippen LogP contribution in [0, 0.1) is 6.92 Å². The summed E-state index contributed by atoms with van der Waals surface area (Å²) in [6.45, 7) is 10.4. The van der Waals surface area contributed by atoms with Gasteiger partial charge in [-0.2, -0.15) is 0 Å². The largest absolute Gasteiger partial charge is 0.379 e. The zero-order chi connectivity index (χ0) is 18.6. The molecule has 1 aliphatic heterocycles. The van der Waals surface area contributed by atoms with Crippen LogP contribution in [-0.4, -0.2) is 74.2 Å². The maximum absolute atomic E-state index is 12.0. The van der Waals surface area contributed by atoms with Gasteiger partial charge in [0.15, 0.2) is 5.96 Å². The normalized spacial score (nSPS) is 15.5. The summed E-state index contributed by atoms with van der Waals surface area (Å²) < 4.78 is 5.35. The maximum Gasteiger partial charge on any atom is 0.227 e. The Morgan fingerprint density at radius 3 is 2.85 bits per heavy atom. The molecule has 0 spiro atoms. The molecule has 8 nitrogen and oxygen atoms in total. The minimum atomic E-state index is -0.0697. The predicted octanol–water partition coefficient (Wildman–Crippen LogP) is 0.606. The lowest BCUT2D eigenvalue weighted by Crippen LogP contribution is -2.40. The summed E-state index contributed by atoms with van der Waals surface area (Å²) in [5.41, 5.74) is 0.878. The van der Waals surface area contributed by atoms with E-state index in [4.69, 9.17) is 4.74 Å². The van der Waals surface area contributed by atoms with Gasteiger partial charge in [0.05, 0.1) is 19.8 Å². The summed E-state index contributed by atoms with van der Waals surface area (Å²) in [6.07, 6.45) is 0.351. The van der Waals surface area contributed by atoms with Gasteiger partial charge in [0.25, 0.3) is 0 Å². The highest BCUT2D eigenvalue weighted by atomic mass is 16.5. The topological polar surface area (TPSA) is 90.9 Å². The van der Waals surface area contributed by atoms with Gasteiger partial charge in [0.1, 0.15) is 5.82 Å². The van der Waals surface area contributed by atoms with Crippen molar-refractivity contribution in [3.63, 3.8) is 0 Å². The number of carbonyl (C=O) groups is 1. The first-order valence-electron chi connectivity index (χ1n) is 9.23. The molecule has 2 rings (SSSR count). The number of morpholine rings is 1. The van der Waals surface area contributed by atoms with E-state index in [2.05, 4.69) is 30.8 Å². The highest BCUT2D eigenvalue weighted by Gasteiger charge is 2.09. The number of nitrogens with zero attached hydrogens (tertiary/aromatic N) is 3. The lowest BCUT2D eigenvalue weighted by atomic mass is 10.3. The van der Waals surface area contributed by atoms with Gasteiger partial charge >= 0.3 is 0 Å². The third-order valence-corrected chi connectivity index (χ3v) is 3.93. The molecule has 0 radical (unpaired) electrons. The Hall–Kier alpha value is -2.19. The minimum Gasteiger partial charge on any atom is -0.379 e. The molecule has 0 saturated carbocycles. The van der Waals surface area contributed by atoms with E-state index < -0.39 is 0 Å². The van der Waals surface area contributed by atoms with Crippen molar-refractivity contribution in [1.82, 2.24) is 20.5 Å². The first-order valence-corrected chi connectivity index (χ1v) is 9.23. The second-order valence-corrected chi connectivity index (χ2v) is 6.10. The van der Waals surface area contributed by atoms with Crippen molar-refractivity contribution in [2.75, 3.05) is 57.8 Å². The van der Waals surface area contributed by atoms with Gasteiger partial charge in [0.2, 0.25) is 5.91 Å². The third kappa shape index (κ3) is 7.79. The molecule has 1 aromatic rings. The molecule has 0 aliphatic carbocycles. The molecule has 1 aromatic heterocycles. The SMILES string of the molecule is CCNC(=NCCN1CCOCC1)NCCC(=O)Nc1cccc(C)n1. The van der Waals surface area contributed by atoms with Crippen molar-refractivity contribution < 1.29 is 9.53 Å². The van der Waals surface area contributed by atoms with Crippen LogP contribution < -0.4 is 16.0 Å². The lowest BCUT2D eigenvalue weighted by Gasteiger charge is -2.25. The highest BCUT2D eigenvalue weighted by Crippen LogP contribution is 2.03. The summed E-state index contributed by atoms with van der Waals surface area (Å²) >= 11 is 0. The van der Waals surface area contributed by atoms with E-state index >= 15 is 0 Å². The van der Waals surface area contributed by atoms with E-state index in [-0.39, 0.29) is 5.91 Å². The van der Waals surface area contributed by atoms with Gasteiger partial charge < -0.3 is 20.7 Å². The van der Waals surface area contributed by atoms with Crippen LogP contribution in [0.4, 0.5) is 5.82 Å². The number of anilines is 1. The number of hydrogen-bond acceptors (Lipinski definition) is 5. The second kappa shape index (κ2) is 11.4. The van der Waals surface area contributed by atoms with Crippen LogP contribution in [0.1, 0.15) is 19.0 Å². The Balaban J connectivity index is 1.69. The van der Waals surface area contributed by atoms with Crippen molar-refractivity contribution in [2.24, 2.45) is 4.99 Å². The fraction of sp³-hybridized carbons (Fsp3) is 0.611. The molecule has 0 bridgehead atoms. The second-order valence-electron chi connectivity index (χ2n) is 6.10. The summed E-state index contributed by atoms with van der Waals surface area (Å²) in [5.74, 6) is 1.25. The molecule has 2 heterocycles. The van der Waals surface area contributed by atoms with Crippen molar-refractivity contribution in [3.05, 3.63) is 23.9 Å². The van der Waals surface area contributed by atoms with Crippen molar-refractivity contribution in [3.8, 4) is 0 Å². The van der Waals surface area contributed by atoms with Crippen molar-refractivity contribution in [2.45, 2.75) is 20.3 Å². The van der Waals surface area contributed by atoms with Crippen molar-refractivity contribution in [1.29, 1.82) is 0 Å². The molecular weight excluding hydrogens is 332 g/mol. The number of carbonyl (C=O) groups excluding carboxylic acids is 1. The summed E-state index contributed by atoms with van der Waals surface area (Å²) in [4.78, 5) is 23.2. The van der Waals surface area contributed by atoms with Crippen molar-refractivity contribution >= 4 is 17.7 Å². The highest BCUT2D eigenvalue weighted by molar-refractivity contribution is 5.90. The molecule has 1 amide bonds. The maximum atomic E-state index is 12.0. The number of amides is 1. The average molecular weight is 362 g/mol. The molecule has 1 fully saturated rings. The number of aryl methyl sites for hydroxylation is 1. The average Bonchev–Trinajstić information content (AvgIpc) is 2.62. The van der Waals surface area contributed by atoms with E-state index in [9.17, 15) is 4.79 Å². The Bertz CT molecular complexity index is 587. The number of aromatic nitrogens is 1. The predicted molar refractivity (Wildman–Crippen MR) is 103 cm³/mol. The molecule has 1 saturated heterocycles. The number of aliphatic imine (C=N–C) groups is 1. The first-order chi connectivity index (χ1) is 12.7. The Labute approximate surface area is 155 Å². The van der Waals surface area contributed by atoms with Gasteiger partial charge in [-0.3, -0.25) is 14.7 Å². The number of nitrogens with one attached hydrogen (secondary N) is 3. The van der Waals surface area contributed by atoms with Gasteiger partial charge in [-0.05, 0) is 26.0 Å². The van der Waals surface area contributed by atoms with Crippen LogP contribution in [0.15, 0.2) is 23.2 Å². The fourth-order valence-electron chi connectivity index (χ4n) is 2.58. The standard InChI is InChI=1S/C18H30N6O2/c1-3-19-18(21-9-10-24-11-13-26-14-12-24)20-8-7-17(25)23-16-6-4-5-15(2)22-16/h4-6H,3,7-14H2,1-2H3,(H2,19,20,21)(H,22,23,25). The number of rotatable bonds is 8. The first kappa shape index (κ1) is 20.1. The van der Waals surface area contributed by atoms with E-state index in [0.29, 0.717) is 18.8 Å². The minimum absolute atomic E-state index is 0.0697. The van der Waals surface area contributed by atoms with E-state index in [1.807, 2.05) is 26.0 Å². The molecule has 26 heavy (non-hydrogen) atoms. The Morgan fingerprint density at radius 1 is 1.31 bits per heavy atom. The Morgan fingerprint density at radius 2 is 2.12 bits per heavy atom. The summed E-state index contributed by atoms with van der Waals surface area (Å²) in [5, 5.41) is 9.21. The van der Waals surface area contributed by atoms with Gasteiger partial charge in [-0.1, -0.05) is 6.07 Å². The monoisotopic (exact) mass is 362 g/mol. The van der Waals surface area contributed by atoms with Crippen LogP contribution >= 0.6 is 0 Å². The summed E-state index contributed by atoms with van der Waals surface area (Å²) in [7, 11) is 0. The van der Waals surface area contributed by atoms with E-state index in [1.165, 1.54) is 0 Å². The molecule has 3 N–H and O–H groups in total. The lowest BCUT2D eigenvalue weighted by molar-refractivity contribution is -0.116. The number of ether oxygens (including phenoxy) is 1. The number of guanidine groups is 1. The quantitative estimate of drug-likeness (QED) is 0.464. The van der Waals surface area contributed by atoms with Gasteiger partial charge in [0, 0.05) is 44.8 Å². The number of pyridine rings is 1. The molecule has 144 valence electrons. The van der Waals surface area contributed by atoms with Crippen LogP contribution in [0.2, 0.25) is 0 Å². The van der Waals surface area contributed by atoms with Gasteiger partial charge in [-0.25, -0.2) is 4.98 Å². The number of hydrogen-bond donors (Lipinski definition) is 3. The molecule has 0 unspecified atom stereocenters. The molecule has 1 aliphatic rings. The van der Waals surface area contributed by atoms with Crippen LogP contribution in [0.3, 0.4) is 0 Å².